The van der Waals surface area contributed by atoms with Crippen LogP contribution in [0.4, 0.5) is 4.39 Å². The largest absolute Gasteiger partial charge is 0.392 e. The molecular weight excluding hydrogens is 271 g/mol. The van der Waals surface area contributed by atoms with Crippen LogP contribution in [0.1, 0.15) is 25.5 Å². The molecule has 108 valence electrons. The Morgan fingerprint density at radius 2 is 2.05 bits per heavy atom. The molecule has 0 bridgehead atoms. The Morgan fingerprint density at radius 1 is 1.24 bits per heavy atom. The van der Waals surface area contributed by atoms with E-state index in [1.165, 1.54) is 12.4 Å². The van der Waals surface area contributed by atoms with Crippen LogP contribution in [0.3, 0.4) is 0 Å². The van der Waals surface area contributed by atoms with E-state index in [4.69, 9.17) is 0 Å². The van der Waals surface area contributed by atoms with Crippen LogP contribution in [0.2, 0.25) is 0 Å². The van der Waals surface area contributed by atoms with Gasteiger partial charge in [-0.15, -0.1) is 0 Å². The average molecular weight is 286 g/mol. The van der Waals surface area contributed by atoms with Gasteiger partial charge in [-0.2, -0.15) is 0 Å². The lowest BCUT2D eigenvalue weighted by Gasteiger charge is -2.09. The van der Waals surface area contributed by atoms with E-state index < -0.39 is 12.4 Å². The summed E-state index contributed by atoms with van der Waals surface area (Å²) in [6.07, 6.45) is 3.13. The van der Waals surface area contributed by atoms with Crippen molar-refractivity contribution in [1.29, 1.82) is 0 Å². The number of fused-ring (bicyclic) bond motifs is 1. The Hall–Kier alpha value is -2.34. The van der Waals surface area contributed by atoms with Crippen molar-refractivity contribution in [2.24, 2.45) is 0 Å². The van der Waals surface area contributed by atoms with Crippen molar-refractivity contribution in [2.75, 3.05) is 0 Å². The minimum atomic E-state index is -0.454. The van der Waals surface area contributed by atoms with Crippen molar-refractivity contribution in [3.8, 4) is 11.3 Å². The van der Waals surface area contributed by atoms with Crippen molar-refractivity contribution in [3.05, 3.63) is 42.2 Å². The lowest BCUT2D eigenvalue weighted by atomic mass is 10.0. The molecule has 2 aromatic heterocycles. The summed E-state index contributed by atoms with van der Waals surface area (Å²) in [6.45, 7) is 3.67. The fourth-order valence-electron chi connectivity index (χ4n) is 2.37. The standard InChI is InChI=1S/C15H15FN4O/c1-9(2)20-8-19-14-13(17-7-18-15(14)20)10-4-3-5-12(16)11(10)6-21/h3-5,7-9,21H,6H2,1-2H3. The number of nitrogens with zero attached hydrogens (tertiary/aromatic N) is 4. The number of benzene rings is 1. The molecule has 0 saturated carbocycles. The minimum Gasteiger partial charge on any atom is -0.392 e. The van der Waals surface area contributed by atoms with Gasteiger partial charge in [-0.1, -0.05) is 12.1 Å². The number of hydrogen-bond donors (Lipinski definition) is 1. The molecule has 2 heterocycles. The number of rotatable bonds is 3. The van der Waals surface area contributed by atoms with Crippen LogP contribution in [0.25, 0.3) is 22.4 Å². The van der Waals surface area contributed by atoms with E-state index in [1.54, 1.807) is 18.5 Å². The van der Waals surface area contributed by atoms with E-state index in [9.17, 15) is 9.50 Å². The molecule has 0 fully saturated rings. The monoisotopic (exact) mass is 286 g/mol. The zero-order valence-corrected chi connectivity index (χ0v) is 11.8. The maximum atomic E-state index is 13.8. The van der Waals surface area contributed by atoms with E-state index in [2.05, 4.69) is 15.0 Å². The molecule has 3 aromatic rings. The van der Waals surface area contributed by atoms with Gasteiger partial charge in [-0.25, -0.2) is 19.3 Å². The lowest BCUT2D eigenvalue weighted by molar-refractivity contribution is 0.276. The fourth-order valence-corrected chi connectivity index (χ4v) is 2.37. The van der Waals surface area contributed by atoms with Crippen LogP contribution >= 0.6 is 0 Å². The molecule has 0 amide bonds. The van der Waals surface area contributed by atoms with Gasteiger partial charge < -0.3 is 9.67 Å². The first-order valence-corrected chi connectivity index (χ1v) is 6.69. The molecule has 6 heteroatoms. The molecular formula is C15H15FN4O. The van der Waals surface area contributed by atoms with E-state index in [-0.39, 0.29) is 11.6 Å². The van der Waals surface area contributed by atoms with E-state index in [0.717, 1.165) is 0 Å². The first-order chi connectivity index (χ1) is 10.1. The molecule has 0 aliphatic rings. The summed E-state index contributed by atoms with van der Waals surface area (Å²) < 4.78 is 15.8. The van der Waals surface area contributed by atoms with E-state index in [1.807, 2.05) is 18.4 Å². The predicted molar refractivity (Wildman–Crippen MR) is 77.0 cm³/mol. The van der Waals surface area contributed by atoms with Gasteiger partial charge in [-0.3, -0.25) is 0 Å². The second kappa shape index (κ2) is 5.21. The summed E-state index contributed by atoms with van der Waals surface area (Å²) in [5.41, 5.74) is 2.59. The maximum absolute atomic E-state index is 13.8. The smallest absolute Gasteiger partial charge is 0.164 e. The molecule has 0 unspecified atom stereocenters. The van der Waals surface area contributed by atoms with Gasteiger partial charge in [0, 0.05) is 17.2 Å². The summed E-state index contributed by atoms with van der Waals surface area (Å²) in [5, 5.41) is 9.42. The quantitative estimate of drug-likeness (QED) is 0.804. The number of aliphatic hydroxyl groups excluding tert-OH is 1. The third kappa shape index (κ3) is 2.17. The second-order valence-corrected chi connectivity index (χ2v) is 5.06. The maximum Gasteiger partial charge on any atom is 0.164 e. The fraction of sp³-hybridized carbons (Fsp3) is 0.267. The summed E-state index contributed by atoms with van der Waals surface area (Å²) in [7, 11) is 0. The number of halogens is 1. The molecule has 0 spiro atoms. The molecule has 0 radical (unpaired) electrons. The first kappa shape index (κ1) is 13.6. The SMILES string of the molecule is CC(C)n1cnc2c(-c3cccc(F)c3CO)ncnc21. The highest BCUT2D eigenvalue weighted by atomic mass is 19.1. The molecule has 0 aliphatic heterocycles. The second-order valence-electron chi connectivity index (χ2n) is 5.06. The molecule has 3 rings (SSSR count). The predicted octanol–water partition coefficient (Wildman–Crippen LogP) is 2.71. The Labute approximate surface area is 121 Å². The lowest BCUT2D eigenvalue weighted by Crippen LogP contribution is -2.01. The van der Waals surface area contributed by atoms with Crippen LogP contribution in [0, 0.1) is 5.82 Å². The van der Waals surface area contributed by atoms with Crippen molar-refractivity contribution in [1.82, 2.24) is 19.5 Å². The topological polar surface area (TPSA) is 63.8 Å². The zero-order valence-electron chi connectivity index (χ0n) is 11.8. The van der Waals surface area contributed by atoms with Gasteiger partial charge in [-0.05, 0) is 19.9 Å². The molecule has 5 nitrogen and oxygen atoms in total. The molecule has 1 N–H and O–H groups in total. The first-order valence-electron chi connectivity index (χ1n) is 6.69. The molecule has 0 aliphatic carbocycles. The number of hydrogen-bond acceptors (Lipinski definition) is 4. The number of imidazole rings is 1. The molecule has 21 heavy (non-hydrogen) atoms. The van der Waals surface area contributed by atoms with Crippen molar-refractivity contribution in [3.63, 3.8) is 0 Å². The van der Waals surface area contributed by atoms with Gasteiger partial charge in [0.05, 0.1) is 12.9 Å². The summed E-state index contributed by atoms with van der Waals surface area (Å²) in [5.74, 6) is -0.454. The van der Waals surface area contributed by atoms with Crippen LogP contribution in [0.5, 0.6) is 0 Å². The number of aromatic nitrogens is 4. The van der Waals surface area contributed by atoms with Gasteiger partial charge in [0.25, 0.3) is 0 Å². The Kier molecular flexibility index (Phi) is 3.39. The van der Waals surface area contributed by atoms with Gasteiger partial charge in [0.15, 0.2) is 5.65 Å². The summed E-state index contributed by atoms with van der Waals surface area (Å²) >= 11 is 0. The van der Waals surface area contributed by atoms with Crippen LogP contribution in [0.15, 0.2) is 30.9 Å². The van der Waals surface area contributed by atoms with Gasteiger partial charge in [0.2, 0.25) is 0 Å². The highest BCUT2D eigenvalue weighted by Gasteiger charge is 2.17. The Bertz CT molecular complexity index is 797. The van der Waals surface area contributed by atoms with Crippen molar-refractivity contribution < 1.29 is 9.50 Å². The average Bonchev–Trinajstić information content (AvgIpc) is 2.91. The van der Waals surface area contributed by atoms with Crippen LogP contribution in [-0.2, 0) is 6.61 Å². The highest BCUT2D eigenvalue weighted by molar-refractivity contribution is 5.88. The summed E-state index contributed by atoms with van der Waals surface area (Å²) in [6, 6.07) is 4.85. The number of aliphatic hydroxyl groups is 1. The van der Waals surface area contributed by atoms with Crippen LogP contribution < -0.4 is 0 Å². The minimum absolute atomic E-state index is 0.211. The molecule has 1 aromatic carbocycles. The molecule has 0 atom stereocenters. The third-order valence-electron chi connectivity index (χ3n) is 3.45. The van der Waals surface area contributed by atoms with Crippen molar-refractivity contribution in [2.45, 2.75) is 26.5 Å². The third-order valence-corrected chi connectivity index (χ3v) is 3.45. The van der Waals surface area contributed by atoms with Crippen LogP contribution in [-0.4, -0.2) is 24.6 Å². The van der Waals surface area contributed by atoms with Gasteiger partial charge >= 0.3 is 0 Å². The Balaban J connectivity index is 2.29. The zero-order chi connectivity index (χ0) is 15.0. The van der Waals surface area contributed by atoms with Crippen molar-refractivity contribution >= 4 is 11.2 Å². The van der Waals surface area contributed by atoms with Gasteiger partial charge in [0.1, 0.15) is 23.4 Å². The highest BCUT2D eigenvalue weighted by Crippen LogP contribution is 2.29. The normalized spacial score (nSPS) is 11.5. The summed E-state index contributed by atoms with van der Waals surface area (Å²) in [4.78, 5) is 12.8. The Morgan fingerprint density at radius 3 is 2.76 bits per heavy atom. The molecule has 0 saturated heterocycles. The van der Waals surface area contributed by atoms with E-state index >= 15 is 0 Å². The van der Waals surface area contributed by atoms with E-state index in [0.29, 0.717) is 22.4 Å².